The fourth-order valence-corrected chi connectivity index (χ4v) is 6.10. The molecule has 2 aromatic carbocycles. The summed E-state index contributed by atoms with van der Waals surface area (Å²) in [5, 5.41) is 4.71. The number of amides is 1. The minimum atomic E-state index is -0.289. The van der Waals surface area contributed by atoms with E-state index in [1.807, 2.05) is 48.2 Å². The molecule has 1 aromatic heterocycles. The highest BCUT2D eigenvalue weighted by Crippen LogP contribution is 2.28. The van der Waals surface area contributed by atoms with Crippen LogP contribution in [0.5, 0.6) is 0 Å². The van der Waals surface area contributed by atoms with E-state index in [0.29, 0.717) is 18.8 Å². The predicted octanol–water partition coefficient (Wildman–Crippen LogP) is 5.51. The molecule has 2 aliphatic rings. The number of aromatic nitrogens is 2. The molecule has 5 rings (SSSR count). The average Bonchev–Trinajstić information content (AvgIpc) is 3.47. The van der Waals surface area contributed by atoms with Crippen LogP contribution in [0, 0.1) is 5.82 Å². The van der Waals surface area contributed by atoms with E-state index in [1.54, 1.807) is 16.8 Å². The highest BCUT2D eigenvalue weighted by molar-refractivity contribution is 14.2. The van der Waals surface area contributed by atoms with E-state index < -0.39 is 0 Å². The number of hydrogen-bond donors (Lipinski definition) is 0. The van der Waals surface area contributed by atoms with Gasteiger partial charge in [0.2, 0.25) is 5.91 Å². The molecule has 0 radical (unpaired) electrons. The summed E-state index contributed by atoms with van der Waals surface area (Å²) in [6, 6.07) is 18.1. The maximum Gasteiger partial charge on any atom is 0.244 e. The molecule has 0 atom stereocenters. The van der Waals surface area contributed by atoms with Crippen LogP contribution in [0.25, 0.3) is 22.5 Å². The molecular formula is C26H23FIN3O2. The zero-order chi connectivity index (χ0) is 22.8. The smallest absolute Gasteiger partial charge is 0.244 e. The summed E-state index contributed by atoms with van der Waals surface area (Å²) in [6.45, 7) is 3.39. The first-order valence-corrected chi connectivity index (χ1v) is 13.1. The zero-order valence-corrected chi connectivity index (χ0v) is 20.3. The van der Waals surface area contributed by atoms with Gasteiger partial charge in [0.05, 0.1) is 11.4 Å². The number of halogens is 2. The summed E-state index contributed by atoms with van der Waals surface area (Å²) in [7, 11) is 0. The first kappa shape index (κ1) is 21.8. The van der Waals surface area contributed by atoms with Crippen molar-refractivity contribution in [3.63, 3.8) is 0 Å². The van der Waals surface area contributed by atoms with E-state index in [-0.39, 0.29) is 39.0 Å². The van der Waals surface area contributed by atoms with Gasteiger partial charge in [-0.2, -0.15) is 5.10 Å². The molecule has 3 aromatic rings. The summed E-state index contributed by atoms with van der Waals surface area (Å²) in [5.41, 5.74) is 4.60. The molecule has 33 heavy (non-hydrogen) atoms. The number of hydrogen-bond acceptors (Lipinski definition) is 3. The van der Waals surface area contributed by atoms with Gasteiger partial charge in [-0.1, -0.05) is 36.4 Å². The Labute approximate surface area is 201 Å². The lowest BCUT2D eigenvalue weighted by atomic mass is 10.1. The van der Waals surface area contributed by atoms with E-state index in [1.165, 1.54) is 17.7 Å². The van der Waals surface area contributed by atoms with E-state index in [9.17, 15) is 9.18 Å². The molecule has 0 N–H and O–H groups in total. The first-order chi connectivity index (χ1) is 16.1. The molecule has 0 spiro atoms. The van der Waals surface area contributed by atoms with Crippen LogP contribution in [-0.4, -0.2) is 37.4 Å². The number of carbonyl (C=O) groups excluding carboxylic acids is 1. The molecule has 7 heteroatoms. The van der Waals surface area contributed by atoms with E-state index in [0.717, 1.165) is 32.7 Å². The van der Waals surface area contributed by atoms with Gasteiger partial charge >= 0.3 is 0 Å². The quantitative estimate of drug-likeness (QED) is 0.391. The fraction of sp³-hybridized carbons (Fsp3) is 0.192. The summed E-state index contributed by atoms with van der Waals surface area (Å²) in [4.78, 5) is 15.0. The van der Waals surface area contributed by atoms with Gasteiger partial charge in [-0.25, -0.2) is 4.39 Å². The molecule has 168 valence electrons. The standard InChI is InChI=1S/C26H23FIN3O2/c1-18-16-28-26(33-18)21-11-13-30(14-12-21)25(32)17-31-24(20-5-3-2-4-6-20)15-23(29-31)19-7-9-22(27)10-8-19/h2-11,15-16H,12-14,17H2,1H3. The minimum Gasteiger partial charge on any atom is -0.455 e. The second-order valence-electron chi connectivity index (χ2n) is 7.97. The van der Waals surface area contributed by atoms with Crippen molar-refractivity contribution in [1.29, 1.82) is 0 Å². The van der Waals surface area contributed by atoms with Crippen molar-refractivity contribution in [2.75, 3.05) is 13.1 Å². The Hall–Kier alpha value is -3.07. The summed E-state index contributed by atoms with van der Waals surface area (Å²) >= 11 is -0.190. The Morgan fingerprint density at radius 3 is 2.58 bits per heavy atom. The average molecular weight is 555 g/mol. The van der Waals surface area contributed by atoms with Crippen molar-refractivity contribution >= 4 is 30.3 Å². The van der Waals surface area contributed by atoms with Crippen molar-refractivity contribution in [3.8, 4) is 22.5 Å². The maximum absolute atomic E-state index is 13.4. The molecule has 0 aliphatic carbocycles. The second kappa shape index (κ2) is 9.43. The third kappa shape index (κ3) is 4.83. The Morgan fingerprint density at radius 2 is 1.91 bits per heavy atom. The van der Waals surface area contributed by atoms with Gasteiger partial charge < -0.3 is 9.64 Å². The summed E-state index contributed by atoms with van der Waals surface area (Å²) < 4.78 is 24.3. The number of benzene rings is 2. The van der Waals surface area contributed by atoms with Crippen LogP contribution in [0.3, 0.4) is 0 Å². The molecular weight excluding hydrogens is 532 g/mol. The molecule has 0 saturated carbocycles. The van der Waals surface area contributed by atoms with Crippen LogP contribution in [0.4, 0.5) is 4.39 Å². The van der Waals surface area contributed by atoms with Gasteiger partial charge in [0.15, 0.2) is 3.69 Å². The molecule has 0 bridgehead atoms. The topological polar surface area (TPSA) is 47.4 Å². The molecule has 0 fully saturated rings. The van der Waals surface area contributed by atoms with Crippen LogP contribution < -0.4 is 0 Å². The third-order valence-corrected chi connectivity index (χ3v) is 8.31. The Morgan fingerprint density at radius 1 is 1.12 bits per heavy atom. The van der Waals surface area contributed by atoms with E-state index in [4.69, 9.17) is 9.84 Å². The monoisotopic (exact) mass is 555 g/mol. The Bertz CT molecular complexity index is 1280. The van der Waals surface area contributed by atoms with E-state index in [2.05, 4.69) is 10.2 Å². The lowest BCUT2D eigenvalue weighted by Gasteiger charge is -2.27. The molecule has 0 saturated heterocycles. The minimum absolute atomic E-state index is 0.0255. The van der Waals surface area contributed by atoms with Crippen molar-refractivity contribution in [1.82, 2.24) is 14.7 Å². The van der Waals surface area contributed by atoms with Gasteiger partial charge in [0, 0.05) is 28.3 Å². The van der Waals surface area contributed by atoms with Gasteiger partial charge in [-0.05, 0) is 70.0 Å². The van der Waals surface area contributed by atoms with Crippen LogP contribution in [-0.2, 0) is 16.1 Å². The fourth-order valence-electron chi connectivity index (χ4n) is 3.89. The second-order valence-corrected chi connectivity index (χ2v) is 10.2. The Balaban J connectivity index is 1.37. The predicted molar refractivity (Wildman–Crippen MR) is 136 cm³/mol. The summed E-state index contributed by atoms with van der Waals surface area (Å²) in [6.07, 6.45) is 2.93. The third-order valence-electron chi connectivity index (χ3n) is 5.65. The molecule has 0 unspecified atom stereocenters. The number of rotatable bonds is 5. The van der Waals surface area contributed by atoms with Gasteiger partial charge in [0.1, 0.15) is 18.1 Å². The SMILES string of the molecule is CC1=CI=C(C2=CCN(C(=O)Cn3nc(-c4ccc(F)cc4)cc3-c3ccccc3)CC2)O1. The highest BCUT2D eigenvalue weighted by Gasteiger charge is 2.23. The number of nitrogens with zero attached hydrogens (tertiary/aromatic N) is 3. The number of allylic oxidation sites excluding steroid dienone is 1. The highest BCUT2D eigenvalue weighted by atomic mass is 127. The van der Waals surface area contributed by atoms with Gasteiger partial charge in [0.25, 0.3) is 0 Å². The van der Waals surface area contributed by atoms with Crippen LogP contribution in [0.1, 0.15) is 13.3 Å². The normalized spacial score (nSPS) is 15.8. The summed E-state index contributed by atoms with van der Waals surface area (Å²) in [5.74, 6) is 0.724. The van der Waals surface area contributed by atoms with Gasteiger partial charge in [-0.15, -0.1) is 0 Å². The first-order valence-electron chi connectivity index (χ1n) is 10.8. The van der Waals surface area contributed by atoms with Crippen molar-refractivity contribution in [3.05, 3.63) is 88.0 Å². The van der Waals surface area contributed by atoms with Crippen LogP contribution in [0.2, 0.25) is 0 Å². The Kier molecular flexibility index (Phi) is 6.22. The van der Waals surface area contributed by atoms with Gasteiger partial charge in [-0.3, -0.25) is 9.48 Å². The van der Waals surface area contributed by atoms with Crippen molar-refractivity contribution in [2.45, 2.75) is 19.9 Å². The van der Waals surface area contributed by atoms with Crippen LogP contribution in [0.15, 0.2) is 82.2 Å². The molecule has 5 nitrogen and oxygen atoms in total. The van der Waals surface area contributed by atoms with Crippen molar-refractivity contribution in [2.24, 2.45) is 0 Å². The number of carbonyl (C=O) groups is 1. The molecule has 2 aliphatic heterocycles. The van der Waals surface area contributed by atoms with Crippen LogP contribution >= 0.6 is 20.7 Å². The largest absolute Gasteiger partial charge is 0.455 e. The van der Waals surface area contributed by atoms with E-state index >= 15 is 0 Å². The molecule has 1 amide bonds. The zero-order valence-electron chi connectivity index (χ0n) is 18.2. The number of ether oxygens (including phenoxy) is 1. The van der Waals surface area contributed by atoms with Crippen molar-refractivity contribution < 1.29 is 13.9 Å². The molecule has 3 heterocycles. The lowest BCUT2D eigenvalue weighted by Crippen LogP contribution is -2.38. The maximum atomic E-state index is 13.4. The lowest BCUT2D eigenvalue weighted by molar-refractivity contribution is -0.131.